The molecule has 3 aliphatic heterocycles. The van der Waals surface area contributed by atoms with Crippen molar-refractivity contribution in [3.05, 3.63) is 102 Å². The monoisotopic (exact) mass is 838 g/mol. The molecule has 7 nitrogen and oxygen atoms in total. The Morgan fingerprint density at radius 3 is 1.15 bits per heavy atom. The van der Waals surface area contributed by atoms with Crippen molar-refractivity contribution in [3.63, 3.8) is 0 Å². The molecule has 296 valence electrons. The smallest absolute Gasteiger partial charge is 0.101 e. The maximum Gasteiger partial charge on any atom is 0.101 e. The summed E-state index contributed by atoms with van der Waals surface area (Å²) in [5.41, 5.74) is 0.737. The van der Waals surface area contributed by atoms with Gasteiger partial charge < -0.3 is 30.0 Å². The van der Waals surface area contributed by atoms with Crippen LogP contribution >= 0.6 is 58.0 Å². The predicted molar refractivity (Wildman–Crippen MR) is 224 cm³/mol. The molecule has 6 rings (SSSR count). The molecule has 0 unspecified atom stereocenters. The van der Waals surface area contributed by atoms with E-state index in [0.29, 0.717) is 30.7 Å². The normalized spacial score (nSPS) is 19.8. The van der Waals surface area contributed by atoms with E-state index in [-0.39, 0.29) is 0 Å². The zero-order valence-corrected chi connectivity index (χ0v) is 35.5. The third-order valence-corrected chi connectivity index (χ3v) is 12.9. The van der Waals surface area contributed by atoms with Crippen LogP contribution in [0.5, 0.6) is 0 Å². The van der Waals surface area contributed by atoms with E-state index in [1.165, 1.54) is 0 Å². The molecule has 54 heavy (non-hydrogen) atoms. The number of hydrogen-bond acceptors (Lipinski definition) is 7. The molecule has 0 spiro atoms. The highest BCUT2D eigenvalue weighted by Gasteiger charge is 2.36. The molecular formula is C42H55Cl5N4O3. The van der Waals surface area contributed by atoms with Crippen LogP contribution in [0.25, 0.3) is 0 Å². The van der Waals surface area contributed by atoms with Gasteiger partial charge in [-0.15, -0.1) is 0 Å². The average molecular weight is 841 g/mol. The van der Waals surface area contributed by atoms with Gasteiger partial charge in [0.2, 0.25) is 0 Å². The topological polar surface area (TPSA) is 94.2 Å². The van der Waals surface area contributed by atoms with E-state index < -0.39 is 16.8 Å². The maximum absolute atomic E-state index is 10.7. The summed E-state index contributed by atoms with van der Waals surface area (Å²) in [4.78, 5) is 7.11. The van der Waals surface area contributed by atoms with E-state index in [9.17, 15) is 15.3 Å². The van der Waals surface area contributed by atoms with Crippen molar-refractivity contribution in [1.29, 1.82) is 5.26 Å². The second-order valence-corrected chi connectivity index (χ2v) is 16.8. The van der Waals surface area contributed by atoms with Crippen LogP contribution in [-0.2, 0) is 16.8 Å². The molecule has 3 aromatic rings. The van der Waals surface area contributed by atoms with Gasteiger partial charge in [0.1, 0.15) is 6.07 Å². The molecule has 0 aromatic heterocycles. The number of piperidine rings is 3. The Balaban J connectivity index is 0.000000181. The van der Waals surface area contributed by atoms with Crippen LogP contribution < -0.4 is 0 Å². The van der Waals surface area contributed by atoms with Gasteiger partial charge in [0.25, 0.3) is 0 Å². The fourth-order valence-electron chi connectivity index (χ4n) is 7.50. The van der Waals surface area contributed by atoms with Crippen LogP contribution in [0.4, 0.5) is 0 Å². The second kappa shape index (κ2) is 20.7. The summed E-state index contributed by atoms with van der Waals surface area (Å²) >= 11 is 29.9. The quantitative estimate of drug-likeness (QED) is 0.208. The van der Waals surface area contributed by atoms with Gasteiger partial charge in [0.05, 0.1) is 47.5 Å². The van der Waals surface area contributed by atoms with Crippen LogP contribution in [0.1, 0.15) is 94.4 Å². The SMILES string of the molecule is CCCN1CCC(O)(c2ccc(C#N)c(Cl)c2)CC1.CCCN1CCC(O)(c2ccc(Cl)c(Cl)c2)CC1.CCN1CCC(O)(c2ccc(Cl)c(Cl)c2)CC1. The van der Waals surface area contributed by atoms with Gasteiger partial charge in [0, 0.05) is 39.3 Å². The fraction of sp³-hybridized carbons (Fsp3) is 0.548. The molecule has 0 bridgehead atoms. The molecule has 12 heteroatoms. The number of hydrogen-bond donors (Lipinski definition) is 3. The van der Waals surface area contributed by atoms with Gasteiger partial charge in [-0.2, -0.15) is 5.26 Å². The fourth-order valence-corrected chi connectivity index (χ4v) is 8.32. The van der Waals surface area contributed by atoms with E-state index in [1.54, 1.807) is 36.4 Å². The lowest BCUT2D eigenvalue weighted by atomic mass is 9.84. The molecule has 0 saturated carbocycles. The Hall–Kier alpha value is -1.64. The van der Waals surface area contributed by atoms with Crippen molar-refractivity contribution >= 4 is 58.0 Å². The minimum atomic E-state index is -0.804. The summed E-state index contributed by atoms with van der Waals surface area (Å²) in [7, 11) is 0. The number of benzene rings is 3. The van der Waals surface area contributed by atoms with Crippen LogP contribution in [0, 0.1) is 11.3 Å². The Bertz CT molecular complexity index is 1700. The molecule has 3 aromatic carbocycles. The van der Waals surface area contributed by atoms with E-state index in [2.05, 4.69) is 35.5 Å². The lowest BCUT2D eigenvalue weighted by Crippen LogP contribution is -2.42. The first kappa shape index (κ1) is 45.1. The highest BCUT2D eigenvalue weighted by molar-refractivity contribution is 6.42. The number of nitriles is 1. The van der Waals surface area contributed by atoms with Crippen molar-refractivity contribution in [3.8, 4) is 6.07 Å². The summed E-state index contributed by atoms with van der Waals surface area (Å²) in [6.45, 7) is 15.3. The molecular weight excluding hydrogens is 786 g/mol. The van der Waals surface area contributed by atoms with Gasteiger partial charge in [-0.05, 0) is 124 Å². The summed E-state index contributed by atoms with van der Waals surface area (Å²) in [5.74, 6) is 0. The number of nitrogens with zero attached hydrogens (tertiary/aromatic N) is 4. The van der Waals surface area contributed by atoms with Crippen molar-refractivity contribution < 1.29 is 15.3 Å². The van der Waals surface area contributed by atoms with Gasteiger partial charge in [-0.3, -0.25) is 0 Å². The molecule has 3 aliphatic rings. The molecule has 3 saturated heterocycles. The van der Waals surface area contributed by atoms with Gasteiger partial charge >= 0.3 is 0 Å². The number of halogens is 5. The Morgan fingerprint density at radius 1 is 0.519 bits per heavy atom. The molecule has 3 heterocycles. The summed E-state index contributed by atoms with van der Waals surface area (Å²) < 4.78 is 0. The lowest BCUT2D eigenvalue weighted by Gasteiger charge is -2.38. The molecule has 0 aliphatic carbocycles. The first-order chi connectivity index (χ1) is 25.7. The highest BCUT2D eigenvalue weighted by Crippen LogP contribution is 2.38. The van der Waals surface area contributed by atoms with E-state index in [4.69, 9.17) is 63.3 Å². The van der Waals surface area contributed by atoms with E-state index >= 15 is 0 Å². The third kappa shape index (κ3) is 11.9. The van der Waals surface area contributed by atoms with Crippen molar-refractivity contribution in [2.75, 3.05) is 58.9 Å². The van der Waals surface area contributed by atoms with Crippen LogP contribution in [0.3, 0.4) is 0 Å². The first-order valence-electron chi connectivity index (χ1n) is 19.1. The zero-order chi connectivity index (χ0) is 39.5. The van der Waals surface area contributed by atoms with Crippen molar-refractivity contribution in [2.45, 2.75) is 88.9 Å². The minimum Gasteiger partial charge on any atom is -0.385 e. The summed E-state index contributed by atoms with van der Waals surface area (Å²) in [6.07, 6.45) is 6.74. The van der Waals surface area contributed by atoms with E-state index in [1.807, 2.05) is 24.3 Å². The Morgan fingerprint density at radius 2 is 0.852 bits per heavy atom. The van der Waals surface area contributed by atoms with Gasteiger partial charge in [-0.25, -0.2) is 0 Å². The standard InChI is InChI=1S/C15H19ClN2O.C14H19Cl2NO.C13H17Cl2NO/c1-2-7-18-8-5-15(19,6-9-18)13-4-3-12(11-17)14(16)10-13;1-2-7-17-8-5-14(18,6-9-17)11-3-4-12(15)13(16)10-11;1-2-16-7-5-13(17,6-8-16)10-3-4-11(14)12(15)9-10/h3-4,10,19H,2,5-9H2,1H3;3-4,10,18H,2,5-9H2,1H3;3-4,9,17H,2,5-8H2,1H3. The van der Waals surface area contributed by atoms with Crippen molar-refractivity contribution in [1.82, 2.24) is 14.7 Å². The number of rotatable bonds is 8. The predicted octanol–water partition coefficient (Wildman–Crippen LogP) is 9.89. The van der Waals surface area contributed by atoms with Crippen molar-refractivity contribution in [2.24, 2.45) is 0 Å². The molecule has 3 N–H and O–H groups in total. The van der Waals surface area contributed by atoms with Crippen LogP contribution in [0.2, 0.25) is 25.1 Å². The third-order valence-electron chi connectivity index (χ3n) is 11.1. The van der Waals surface area contributed by atoms with E-state index in [0.717, 1.165) is 127 Å². The second-order valence-electron chi connectivity index (χ2n) is 14.8. The van der Waals surface area contributed by atoms with Gasteiger partial charge in [-0.1, -0.05) is 97.0 Å². The van der Waals surface area contributed by atoms with Gasteiger partial charge in [0.15, 0.2) is 0 Å². The lowest BCUT2D eigenvalue weighted by molar-refractivity contribution is -0.0260. The molecule has 3 fully saturated rings. The molecule has 0 amide bonds. The first-order valence-corrected chi connectivity index (χ1v) is 21.0. The Labute approximate surface area is 347 Å². The average Bonchev–Trinajstić information content (AvgIpc) is 3.17. The number of likely N-dealkylation sites (tertiary alicyclic amines) is 3. The number of aliphatic hydroxyl groups is 3. The van der Waals surface area contributed by atoms with Crippen LogP contribution in [0.15, 0.2) is 54.6 Å². The molecule has 0 atom stereocenters. The zero-order valence-electron chi connectivity index (χ0n) is 31.7. The minimum absolute atomic E-state index is 0.421. The largest absolute Gasteiger partial charge is 0.385 e. The Kier molecular flexibility index (Phi) is 17.3. The molecule has 0 radical (unpaired) electrons. The summed E-state index contributed by atoms with van der Waals surface area (Å²) in [5, 5.41) is 43.5. The maximum atomic E-state index is 10.7. The summed E-state index contributed by atoms with van der Waals surface area (Å²) in [6, 6.07) is 18.1. The van der Waals surface area contributed by atoms with Crippen LogP contribution in [-0.4, -0.2) is 88.9 Å². The highest BCUT2D eigenvalue weighted by atomic mass is 35.5.